The summed E-state index contributed by atoms with van der Waals surface area (Å²) in [6.07, 6.45) is 3.72. The van der Waals surface area contributed by atoms with Gasteiger partial charge in [-0.1, -0.05) is 27.7 Å². The van der Waals surface area contributed by atoms with Crippen LogP contribution in [0.25, 0.3) is 0 Å². The fourth-order valence-electron chi connectivity index (χ4n) is 3.96. The zero-order valence-electron chi connectivity index (χ0n) is 15.2. The van der Waals surface area contributed by atoms with Crippen LogP contribution in [-0.4, -0.2) is 18.0 Å². The molecule has 4 nitrogen and oxygen atoms in total. The van der Waals surface area contributed by atoms with E-state index in [1.54, 1.807) is 0 Å². The van der Waals surface area contributed by atoms with Crippen LogP contribution in [-0.2, 0) is 0 Å². The number of likely N-dealkylation sites (tertiary alicyclic amines) is 1. The molecule has 0 radical (unpaired) electrons. The zero-order chi connectivity index (χ0) is 17.9. The van der Waals surface area contributed by atoms with Gasteiger partial charge >= 0.3 is 0 Å². The van der Waals surface area contributed by atoms with Crippen molar-refractivity contribution in [3.05, 3.63) is 22.4 Å². The van der Waals surface area contributed by atoms with Crippen LogP contribution in [0.4, 0.5) is 0 Å². The molecule has 2 aliphatic rings. The highest BCUT2D eigenvalue weighted by Crippen LogP contribution is 2.44. The Labute approximate surface area is 145 Å². The Morgan fingerprint density at radius 3 is 2.12 bits per heavy atom. The number of rotatable bonds is 2. The molecule has 1 aliphatic heterocycles. The topological polar surface area (TPSA) is 74.6 Å². The van der Waals surface area contributed by atoms with E-state index in [0.29, 0.717) is 23.5 Å². The summed E-state index contributed by atoms with van der Waals surface area (Å²) in [5.41, 5.74) is 2.29. The molecule has 0 aromatic carbocycles. The number of hydrogen-bond donors (Lipinski definition) is 0. The van der Waals surface area contributed by atoms with Crippen molar-refractivity contribution >= 4 is 0 Å². The molecule has 1 aliphatic carbocycles. The lowest BCUT2D eigenvalue weighted by Crippen LogP contribution is -2.38. The first kappa shape index (κ1) is 18.1. The lowest BCUT2D eigenvalue weighted by atomic mass is 9.72. The van der Waals surface area contributed by atoms with Crippen molar-refractivity contribution in [3.8, 4) is 18.2 Å². The van der Waals surface area contributed by atoms with E-state index >= 15 is 0 Å². The van der Waals surface area contributed by atoms with E-state index < -0.39 is 0 Å². The maximum Gasteiger partial charge on any atom is 0.134 e. The Morgan fingerprint density at radius 2 is 1.67 bits per heavy atom. The third kappa shape index (κ3) is 3.63. The molecule has 24 heavy (non-hydrogen) atoms. The fraction of sp³-hybridized carbons (Fsp3) is 0.650. The summed E-state index contributed by atoms with van der Waals surface area (Å²) in [5.74, 6) is 1.44. The average Bonchev–Trinajstić information content (AvgIpc) is 2.55. The zero-order valence-corrected chi connectivity index (χ0v) is 15.2. The van der Waals surface area contributed by atoms with Crippen LogP contribution >= 0.6 is 0 Å². The molecule has 0 saturated carbocycles. The molecule has 0 aromatic heterocycles. The first-order chi connectivity index (χ1) is 11.3. The van der Waals surface area contributed by atoms with Crippen LogP contribution in [0.3, 0.4) is 0 Å². The van der Waals surface area contributed by atoms with Gasteiger partial charge in [0.1, 0.15) is 23.8 Å². The predicted molar refractivity (Wildman–Crippen MR) is 93.0 cm³/mol. The van der Waals surface area contributed by atoms with E-state index in [2.05, 4.69) is 38.7 Å². The van der Waals surface area contributed by atoms with Crippen molar-refractivity contribution in [1.29, 1.82) is 15.8 Å². The first-order valence-corrected chi connectivity index (χ1v) is 8.75. The van der Waals surface area contributed by atoms with E-state index in [9.17, 15) is 15.8 Å². The number of nitriles is 3. The standard InChI is InChI=1S/C20H26N4/c1-14(2)15-5-7-24(8-6-15)19-10-20(3,4)9-17(18(19)13-23)16(11-21)12-22/h14-15H,5-10H2,1-4H3. The Kier molecular flexibility index (Phi) is 5.36. The van der Waals surface area contributed by atoms with Gasteiger partial charge < -0.3 is 4.90 Å². The molecule has 126 valence electrons. The maximum atomic E-state index is 9.73. The van der Waals surface area contributed by atoms with Crippen molar-refractivity contribution in [2.75, 3.05) is 13.1 Å². The Morgan fingerprint density at radius 1 is 1.08 bits per heavy atom. The van der Waals surface area contributed by atoms with Gasteiger partial charge in [-0.25, -0.2) is 0 Å². The molecule has 1 heterocycles. The summed E-state index contributed by atoms with van der Waals surface area (Å²) in [7, 11) is 0. The summed E-state index contributed by atoms with van der Waals surface area (Å²) >= 11 is 0. The van der Waals surface area contributed by atoms with Crippen LogP contribution in [0.1, 0.15) is 53.4 Å². The molecular formula is C20H26N4. The molecule has 0 bridgehead atoms. The minimum Gasteiger partial charge on any atom is -0.374 e. The van der Waals surface area contributed by atoms with Gasteiger partial charge in [0.05, 0.1) is 5.57 Å². The monoisotopic (exact) mass is 322 g/mol. The van der Waals surface area contributed by atoms with Gasteiger partial charge in [0.15, 0.2) is 0 Å². The third-order valence-corrected chi connectivity index (χ3v) is 5.39. The fourth-order valence-corrected chi connectivity index (χ4v) is 3.96. The Bertz CT molecular complexity index is 665. The Balaban J connectivity index is 2.43. The van der Waals surface area contributed by atoms with Crippen molar-refractivity contribution in [1.82, 2.24) is 4.90 Å². The van der Waals surface area contributed by atoms with Gasteiger partial charge in [0.25, 0.3) is 0 Å². The molecular weight excluding hydrogens is 296 g/mol. The number of nitrogens with zero attached hydrogens (tertiary/aromatic N) is 4. The van der Waals surface area contributed by atoms with E-state index in [-0.39, 0.29) is 11.0 Å². The van der Waals surface area contributed by atoms with Gasteiger partial charge in [0, 0.05) is 24.4 Å². The second kappa shape index (κ2) is 7.11. The highest BCUT2D eigenvalue weighted by atomic mass is 15.1. The summed E-state index contributed by atoms with van der Waals surface area (Å²) in [4.78, 5) is 2.32. The first-order valence-electron chi connectivity index (χ1n) is 8.75. The Hall–Kier alpha value is -2.25. The van der Waals surface area contributed by atoms with Crippen molar-refractivity contribution in [3.63, 3.8) is 0 Å². The van der Waals surface area contributed by atoms with Gasteiger partial charge in [-0.2, -0.15) is 15.8 Å². The van der Waals surface area contributed by atoms with E-state index in [1.165, 1.54) is 0 Å². The van der Waals surface area contributed by atoms with Gasteiger partial charge in [-0.3, -0.25) is 0 Å². The maximum absolute atomic E-state index is 9.73. The van der Waals surface area contributed by atoms with Crippen LogP contribution in [0.15, 0.2) is 22.4 Å². The molecule has 0 unspecified atom stereocenters. The smallest absolute Gasteiger partial charge is 0.134 e. The highest BCUT2D eigenvalue weighted by molar-refractivity contribution is 5.57. The molecule has 4 heteroatoms. The van der Waals surface area contributed by atoms with E-state index in [4.69, 9.17) is 0 Å². The van der Waals surface area contributed by atoms with Gasteiger partial charge in [0.2, 0.25) is 0 Å². The second-order valence-corrected chi connectivity index (χ2v) is 8.10. The summed E-state index contributed by atoms with van der Waals surface area (Å²) in [6, 6.07) is 6.27. The minimum absolute atomic E-state index is 0.0428. The van der Waals surface area contributed by atoms with Crippen LogP contribution in [0.2, 0.25) is 0 Å². The predicted octanol–water partition coefficient (Wildman–Crippen LogP) is 4.30. The lowest BCUT2D eigenvalue weighted by molar-refractivity contribution is 0.170. The van der Waals surface area contributed by atoms with Gasteiger partial charge in [-0.15, -0.1) is 0 Å². The van der Waals surface area contributed by atoms with Crippen molar-refractivity contribution < 1.29 is 0 Å². The molecule has 0 aromatic rings. The molecule has 0 N–H and O–H groups in total. The number of allylic oxidation sites excluding steroid dienone is 4. The largest absolute Gasteiger partial charge is 0.374 e. The van der Waals surface area contributed by atoms with E-state index in [1.807, 2.05) is 12.1 Å². The number of hydrogen-bond acceptors (Lipinski definition) is 4. The van der Waals surface area contributed by atoms with Gasteiger partial charge in [-0.05, 0) is 42.9 Å². The van der Waals surface area contributed by atoms with Crippen LogP contribution < -0.4 is 0 Å². The quantitative estimate of drug-likeness (QED) is 0.710. The third-order valence-electron chi connectivity index (χ3n) is 5.39. The molecule has 0 spiro atoms. The second-order valence-electron chi connectivity index (χ2n) is 8.10. The molecule has 2 rings (SSSR count). The van der Waals surface area contributed by atoms with Crippen molar-refractivity contribution in [2.45, 2.75) is 53.4 Å². The lowest BCUT2D eigenvalue weighted by Gasteiger charge is -2.42. The summed E-state index contributed by atoms with van der Waals surface area (Å²) in [5, 5.41) is 28.3. The number of piperidine rings is 1. The molecule has 1 saturated heterocycles. The normalized spacial score (nSPS) is 21.2. The average molecular weight is 322 g/mol. The molecule has 0 amide bonds. The minimum atomic E-state index is -0.0428. The molecule has 1 fully saturated rings. The van der Waals surface area contributed by atoms with E-state index in [0.717, 1.165) is 44.0 Å². The summed E-state index contributed by atoms with van der Waals surface area (Å²) < 4.78 is 0. The van der Waals surface area contributed by atoms with Crippen LogP contribution in [0, 0.1) is 51.2 Å². The highest BCUT2D eigenvalue weighted by Gasteiger charge is 2.36. The summed E-state index contributed by atoms with van der Waals surface area (Å²) in [6.45, 7) is 10.8. The SMILES string of the molecule is CC(C)C1CCN(C2=C(C#N)C(=C(C#N)C#N)CC(C)(C)C2)CC1. The molecule has 0 atom stereocenters. The van der Waals surface area contributed by atoms with Crippen LogP contribution in [0.5, 0.6) is 0 Å². The van der Waals surface area contributed by atoms with Crippen molar-refractivity contribution in [2.24, 2.45) is 17.3 Å².